The molecule has 0 saturated carbocycles. The van der Waals surface area contributed by atoms with Crippen LogP contribution < -0.4 is 10.1 Å². The summed E-state index contributed by atoms with van der Waals surface area (Å²) in [6.07, 6.45) is 1.07. The first kappa shape index (κ1) is 16.7. The van der Waals surface area contributed by atoms with Crippen LogP contribution in [-0.4, -0.2) is 49.3 Å². The van der Waals surface area contributed by atoms with Crippen LogP contribution in [0.5, 0.6) is 5.75 Å². The van der Waals surface area contributed by atoms with Crippen molar-refractivity contribution in [1.29, 1.82) is 0 Å². The fourth-order valence-corrected chi connectivity index (χ4v) is 3.43. The summed E-state index contributed by atoms with van der Waals surface area (Å²) in [5, 5.41) is 13.9. The Kier molecular flexibility index (Phi) is 5.33. The molecule has 2 aromatic rings. The number of carbonyl (C=O) groups excluding carboxylic acids is 1. The molecule has 2 N–H and O–H groups in total. The molecule has 128 valence electrons. The van der Waals surface area contributed by atoms with E-state index in [4.69, 9.17) is 9.84 Å². The van der Waals surface area contributed by atoms with Gasteiger partial charge < -0.3 is 15.2 Å². The van der Waals surface area contributed by atoms with Gasteiger partial charge in [-0.3, -0.25) is 9.69 Å². The summed E-state index contributed by atoms with van der Waals surface area (Å²) in [5.41, 5.74) is 1.30. The van der Waals surface area contributed by atoms with Gasteiger partial charge in [-0.1, -0.05) is 30.3 Å². The Labute approximate surface area is 142 Å². The van der Waals surface area contributed by atoms with Gasteiger partial charge in [-0.05, 0) is 35.9 Å². The molecular formula is C19H24N2O3. The molecule has 1 unspecified atom stereocenters. The maximum absolute atomic E-state index is 11.2. The molecule has 5 nitrogen and oxygen atoms in total. The lowest BCUT2D eigenvalue weighted by molar-refractivity contribution is -0.123. The first-order chi connectivity index (χ1) is 11.7. The number of rotatable bonds is 6. The van der Waals surface area contributed by atoms with Gasteiger partial charge in [-0.15, -0.1) is 0 Å². The van der Waals surface area contributed by atoms with Crippen LogP contribution in [0.15, 0.2) is 36.4 Å². The molecule has 5 heteroatoms. The van der Waals surface area contributed by atoms with Crippen LogP contribution in [0.4, 0.5) is 0 Å². The third kappa shape index (κ3) is 3.68. The number of carbonyl (C=O) groups is 1. The monoisotopic (exact) mass is 328 g/mol. The lowest BCUT2D eigenvalue weighted by Crippen LogP contribution is -2.32. The van der Waals surface area contributed by atoms with Crippen LogP contribution in [0.1, 0.15) is 12.0 Å². The van der Waals surface area contributed by atoms with Gasteiger partial charge in [-0.2, -0.15) is 0 Å². The summed E-state index contributed by atoms with van der Waals surface area (Å²) < 4.78 is 5.46. The molecule has 0 spiro atoms. The van der Waals surface area contributed by atoms with E-state index in [0.717, 1.165) is 37.2 Å². The number of hydrogen-bond donors (Lipinski definition) is 2. The zero-order valence-corrected chi connectivity index (χ0v) is 14.0. The molecule has 0 aliphatic carbocycles. The molecular weight excluding hydrogens is 304 g/mol. The molecule has 0 bridgehead atoms. The lowest BCUT2D eigenvalue weighted by atomic mass is 10.0. The summed E-state index contributed by atoms with van der Waals surface area (Å²) in [4.78, 5) is 13.6. The summed E-state index contributed by atoms with van der Waals surface area (Å²) in [6.45, 7) is 3.09. The van der Waals surface area contributed by atoms with Gasteiger partial charge in [0.15, 0.2) is 0 Å². The molecule has 1 amide bonds. The summed E-state index contributed by atoms with van der Waals surface area (Å²) >= 11 is 0. The van der Waals surface area contributed by atoms with Gasteiger partial charge in [0.2, 0.25) is 5.91 Å². The number of hydrogen-bond acceptors (Lipinski definition) is 4. The summed E-state index contributed by atoms with van der Waals surface area (Å²) in [6, 6.07) is 12.5. The maximum atomic E-state index is 11.2. The van der Waals surface area contributed by atoms with Crippen molar-refractivity contribution < 1.29 is 14.6 Å². The quantitative estimate of drug-likeness (QED) is 0.848. The van der Waals surface area contributed by atoms with Gasteiger partial charge in [0.25, 0.3) is 0 Å². The van der Waals surface area contributed by atoms with Crippen molar-refractivity contribution in [3.05, 3.63) is 42.0 Å². The standard InChI is InChI=1S/C19H24N2O3/c1-24-18-7-6-15(16-4-2-3-5-17(16)18)12-21-9-8-14(11-21)10-20-19(23)13-22/h2-7,14,22H,8-13H2,1H3,(H,20,23). The van der Waals surface area contributed by atoms with E-state index in [1.54, 1.807) is 7.11 Å². The average molecular weight is 328 g/mol. The Morgan fingerprint density at radius 2 is 2.08 bits per heavy atom. The second-order valence-electron chi connectivity index (χ2n) is 6.32. The van der Waals surface area contributed by atoms with Crippen molar-refractivity contribution in [3.63, 3.8) is 0 Å². The van der Waals surface area contributed by atoms with Crippen LogP contribution in [0.25, 0.3) is 10.8 Å². The van der Waals surface area contributed by atoms with E-state index >= 15 is 0 Å². The van der Waals surface area contributed by atoms with Crippen molar-refractivity contribution in [1.82, 2.24) is 10.2 Å². The molecule has 1 saturated heterocycles. The van der Waals surface area contributed by atoms with Crippen LogP contribution >= 0.6 is 0 Å². The molecule has 0 aromatic heterocycles. The molecule has 0 radical (unpaired) electrons. The van der Waals surface area contributed by atoms with Crippen LogP contribution in [0.2, 0.25) is 0 Å². The van der Waals surface area contributed by atoms with E-state index in [9.17, 15) is 4.79 Å². The number of methoxy groups -OCH3 is 1. The lowest BCUT2D eigenvalue weighted by Gasteiger charge is -2.18. The first-order valence-corrected chi connectivity index (χ1v) is 8.35. The zero-order chi connectivity index (χ0) is 16.9. The predicted molar refractivity (Wildman–Crippen MR) is 94.0 cm³/mol. The highest BCUT2D eigenvalue weighted by atomic mass is 16.5. The molecule has 1 atom stereocenters. The van der Waals surface area contributed by atoms with Gasteiger partial charge in [0.1, 0.15) is 12.4 Å². The largest absolute Gasteiger partial charge is 0.496 e. The third-order valence-electron chi connectivity index (χ3n) is 4.69. The van der Waals surface area contributed by atoms with E-state index < -0.39 is 6.61 Å². The number of nitrogens with one attached hydrogen (secondary N) is 1. The van der Waals surface area contributed by atoms with Crippen molar-refractivity contribution in [2.75, 3.05) is 33.4 Å². The molecule has 3 rings (SSSR count). The number of aliphatic hydroxyl groups is 1. The van der Waals surface area contributed by atoms with Crippen LogP contribution in [-0.2, 0) is 11.3 Å². The number of amides is 1. The van der Waals surface area contributed by atoms with Crippen molar-refractivity contribution >= 4 is 16.7 Å². The number of aliphatic hydroxyl groups excluding tert-OH is 1. The van der Waals surface area contributed by atoms with E-state index in [1.807, 2.05) is 12.1 Å². The smallest absolute Gasteiger partial charge is 0.245 e. The Morgan fingerprint density at radius 1 is 1.29 bits per heavy atom. The minimum Gasteiger partial charge on any atom is -0.496 e. The molecule has 2 aromatic carbocycles. The van der Waals surface area contributed by atoms with E-state index in [1.165, 1.54) is 10.9 Å². The number of likely N-dealkylation sites (tertiary alicyclic amines) is 1. The predicted octanol–water partition coefficient (Wildman–Crippen LogP) is 1.78. The fraction of sp³-hybridized carbons (Fsp3) is 0.421. The molecule has 1 fully saturated rings. The second-order valence-corrected chi connectivity index (χ2v) is 6.32. The number of ether oxygens (including phenoxy) is 1. The highest BCUT2D eigenvalue weighted by Gasteiger charge is 2.23. The first-order valence-electron chi connectivity index (χ1n) is 8.35. The fourth-order valence-electron chi connectivity index (χ4n) is 3.43. The number of benzene rings is 2. The van der Waals surface area contributed by atoms with Gasteiger partial charge in [0, 0.05) is 25.0 Å². The Balaban J connectivity index is 1.67. The van der Waals surface area contributed by atoms with E-state index in [2.05, 4.69) is 34.5 Å². The minimum absolute atomic E-state index is 0.297. The normalized spacial score (nSPS) is 18.0. The highest BCUT2D eigenvalue weighted by molar-refractivity contribution is 5.91. The molecule has 1 aliphatic rings. The van der Waals surface area contributed by atoms with Gasteiger partial charge >= 0.3 is 0 Å². The number of nitrogens with zero attached hydrogens (tertiary/aromatic N) is 1. The summed E-state index contributed by atoms with van der Waals surface area (Å²) in [5.74, 6) is 1.06. The molecule has 24 heavy (non-hydrogen) atoms. The molecule has 1 aliphatic heterocycles. The summed E-state index contributed by atoms with van der Waals surface area (Å²) in [7, 11) is 1.70. The Morgan fingerprint density at radius 3 is 2.83 bits per heavy atom. The van der Waals surface area contributed by atoms with Crippen molar-refractivity contribution in [2.45, 2.75) is 13.0 Å². The van der Waals surface area contributed by atoms with Crippen molar-refractivity contribution in [3.8, 4) is 5.75 Å². The Hall–Kier alpha value is -2.11. The Bertz CT molecular complexity index is 717. The molecule has 1 heterocycles. The SMILES string of the molecule is COc1ccc(CN2CCC(CNC(=O)CO)C2)c2ccccc12. The average Bonchev–Trinajstić information content (AvgIpc) is 3.07. The number of fused-ring (bicyclic) bond motifs is 1. The van der Waals surface area contributed by atoms with Gasteiger partial charge in [0.05, 0.1) is 7.11 Å². The van der Waals surface area contributed by atoms with E-state index in [-0.39, 0.29) is 5.91 Å². The van der Waals surface area contributed by atoms with Crippen LogP contribution in [0, 0.1) is 5.92 Å². The van der Waals surface area contributed by atoms with Crippen molar-refractivity contribution in [2.24, 2.45) is 5.92 Å². The topological polar surface area (TPSA) is 61.8 Å². The third-order valence-corrected chi connectivity index (χ3v) is 4.69. The second kappa shape index (κ2) is 7.64. The maximum Gasteiger partial charge on any atom is 0.245 e. The van der Waals surface area contributed by atoms with E-state index in [0.29, 0.717) is 12.5 Å². The van der Waals surface area contributed by atoms with Crippen LogP contribution in [0.3, 0.4) is 0 Å². The highest BCUT2D eigenvalue weighted by Crippen LogP contribution is 2.30. The minimum atomic E-state index is -0.436. The van der Waals surface area contributed by atoms with Gasteiger partial charge in [-0.25, -0.2) is 0 Å². The zero-order valence-electron chi connectivity index (χ0n) is 14.0.